The highest BCUT2D eigenvalue weighted by Gasteiger charge is 2.30. The van der Waals surface area contributed by atoms with Crippen LogP contribution in [-0.2, 0) is 0 Å². The molecule has 3 heteroatoms. The number of pyridine rings is 1. The fourth-order valence-corrected chi connectivity index (χ4v) is 2.88. The highest BCUT2D eigenvalue weighted by atomic mass is 16.1. The van der Waals surface area contributed by atoms with Gasteiger partial charge in [-0.3, -0.25) is 9.59 Å². The summed E-state index contributed by atoms with van der Waals surface area (Å²) in [4.78, 5) is 27.5. The van der Waals surface area contributed by atoms with Crippen molar-refractivity contribution >= 4 is 5.78 Å². The van der Waals surface area contributed by atoms with Gasteiger partial charge in [0.2, 0.25) is 5.56 Å². The first-order chi connectivity index (χ1) is 10.3. The number of benzene rings is 2. The van der Waals surface area contributed by atoms with Crippen LogP contribution in [0.15, 0.2) is 65.5 Å². The Bertz CT molecular complexity index is 923. The van der Waals surface area contributed by atoms with Gasteiger partial charge in [-0.25, -0.2) is 0 Å². The molecule has 0 aliphatic heterocycles. The molecule has 3 aromatic rings. The SMILES string of the molecule is O=C1c2ccccc2-c2[nH]c(=O)cc(-c3ccccc3)c21. The number of hydrogen-bond donors (Lipinski definition) is 1. The molecule has 3 nitrogen and oxygen atoms in total. The second-order valence-corrected chi connectivity index (χ2v) is 5.04. The molecule has 0 spiro atoms. The highest BCUT2D eigenvalue weighted by molar-refractivity contribution is 6.23. The maximum absolute atomic E-state index is 12.7. The summed E-state index contributed by atoms with van der Waals surface area (Å²) in [6, 6.07) is 18.4. The zero-order chi connectivity index (χ0) is 14.4. The van der Waals surface area contributed by atoms with E-state index in [2.05, 4.69) is 4.98 Å². The van der Waals surface area contributed by atoms with E-state index < -0.39 is 0 Å². The molecule has 1 aliphatic carbocycles. The molecule has 0 bridgehead atoms. The Morgan fingerprint density at radius 1 is 0.714 bits per heavy atom. The third-order valence-corrected chi connectivity index (χ3v) is 3.80. The summed E-state index contributed by atoms with van der Waals surface area (Å²) in [6.07, 6.45) is 0. The maximum Gasteiger partial charge on any atom is 0.249 e. The lowest BCUT2D eigenvalue weighted by Gasteiger charge is -2.07. The van der Waals surface area contributed by atoms with Crippen molar-refractivity contribution in [3.8, 4) is 22.4 Å². The first-order valence-electron chi connectivity index (χ1n) is 6.72. The van der Waals surface area contributed by atoms with Crippen molar-refractivity contribution in [2.24, 2.45) is 0 Å². The van der Waals surface area contributed by atoms with Crippen molar-refractivity contribution in [3.05, 3.63) is 82.1 Å². The average Bonchev–Trinajstić information content (AvgIpc) is 2.81. The van der Waals surface area contributed by atoms with E-state index in [1.807, 2.05) is 48.5 Å². The number of ketones is 1. The Kier molecular flexibility index (Phi) is 2.42. The van der Waals surface area contributed by atoms with Crippen LogP contribution in [0.3, 0.4) is 0 Å². The highest BCUT2D eigenvalue weighted by Crippen LogP contribution is 2.38. The lowest BCUT2D eigenvalue weighted by molar-refractivity contribution is 0.104. The first-order valence-corrected chi connectivity index (χ1v) is 6.72. The van der Waals surface area contributed by atoms with E-state index >= 15 is 0 Å². The third kappa shape index (κ3) is 1.68. The summed E-state index contributed by atoms with van der Waals surface area (Å²) in [7, 11) is 0. The fraction of sp³-hybridized carbons (Fsp3) is 0. The lowest BCUT2D eigenvalue weighted by Crippen LogP contribution is -2.09. The minimum atomic E-state index is -0.197. The molecule has 0 saturated carbocycles. The van der Waals surface area contributed by atoms with Crippen LogP contribution in [0.4, 0.5) is 0 Å². The summed E-state index contributed by atoms with van der Waals surface area (Å²) < 4.78 is 0. The summed E-state index contributed by atoms with van der Waals surface area (Å²) >= 11 is 0. The minimum Gasteiger partial charge on any atom is -0.321 e. The molecule has 1 heterocycles. The number of carbonyl (C=O) groups is 1. The van der Waals surface area contributed by atoms with E-state index in [1.54, 1.807) is 6.07 Å². The molecule has 21 heavy (non-hydrogen) atoms. The number of nitrogens with one attached hydrogen (secondary N) is 1. The van der Waals surface area contributed by atoms with Gasteiger partial charge < -0.3 is 4.98 Å². The molecule has 0 atom stereocenters. The number of fused-ring (bicyclic) bond motifs is 3. The van der Waals surface area contributed by atoms with E-state index in [9.17, 15) is 9.59 Å². The smallest absolute Gasteiger partial charge is 0.249 e. The number of H-pyrrole nitrogens is 1. The molecule has 2 aromatic carbocycles. The average molecular weight is 273 g/mol. The lowest BCUT2D eigenvalue weighted by atomic mass is 9.98. The van der Waals surface area contributed by atoms with Gasteiger partial charge in [-0.1, -0.05) is 54.6 Å². The van der Waals surface area contributed by atoms with Gasteiger partial charge in [-0.15, -0.1) is 0 Å². The predicted molar refractivity (Wildman–Crippen MR) is 81.4 cm³/mol. The second-order valence-electron chi connectivity index (χ2n) is 5.04. The van der Waals surface area contributed by atoms with Crippen molar-refractivity contribution < 1.29 is 4.79 Å². The fourth-order valence-electron chi connectivity index (χ4n) is 2.88. The number of aromatic amines is 1. The van der Waals surface area contributed by atoms with E-state index in [1.165, 1.54) is 6.07 Å². The monoisotopic (exact) mass is 273 g/mol. The predicted octanol–water partition coefficient (Wildman–Crippen LogP) is 3.25. The van der Waals surface area contributed by atoms with Crippen LogP contribution in [0.25, 0.3) is 22.4 Å². The van der Waals surface area contributed by atoms with Gasteiger partial charge in [0, 0.05) is 22.8 Å². The third-order valence-electron chi connectivity index (χ3n) is 3.80. The van der Waals surface area contributed by atoms with Gasteiger partial charge in [-0.05, 0) is 5.56 Å². The van der Waals surface area contributed by atoms with Crippen LogP contribution in [-0.4, -0.2) is 10.8 Å². The van der Waals surface area contributed by atoms with E-state index in [-0.39, 0.29) is 11.3 Å². The van der Waals surface area contributed by atoms with Crippen LogP contribution in [0.1, 0.15) is 15.9 Å². The minimum absolute atomic E-state index is 0.0318. The van der Waals surface area contributed by atoms with Crippen LogP contribution in [0.5, 0.6) is 0 Å². The van der Waals surface area contributed by atoms with Crippen LogP contribution in [0, 0.1) is 0 Å². The normalized spacial score (nSPS) is 12.1. The molecule has 0 fully saturated rings. The van der Waals surface area contributed by atoms with E-state index in [4.69, 9.17) is 0 Å². The Labute approximate surface area is 120 Å². The summed E-state index contributed by atoms with van der Waals surface area (Å²) in [5.74, 6) is -0.0318. The van der Waals surface area contributed by atoms with Gasteiger partial charge in [0.1, 0.15) is 0 Å². The number of carbonyl (C=O) groups excluding carboxylic acids is 1. The molecule has 4 rings (SSSR count). The maximum atomic E-state index is 12.7. The van der Waals surface area contributed by atoms with Crippen molar-refractivity contribution in [2.45, 2.75) is 0 Å². The topological polar surface area (TPSA) is 49.9 Å². The van der Waals surface area contributed by atoms with Gasteiger partial charge >= 0.3 is 0 Å². The molecule has 1 N–H and O–H groups in total. The molecule has 0 amide bonds. The van der Waals surface area contributed by atoms with Crippen molar-refractivity contribution in [3.63, 3.8) is 0 Å². The largest absolute Gasteiger partial charge is 0.321 e. The van der Waals surface area contributed by atoms with Gasteiger partial charge in [0.25, 0.3) is 0 Å². The Morgan fingerprint density at radius 3 is 2.14 bits per heavy atom. The van der Waals surface area contributed by atoms with E-state index in [0.717, 1.165) is 11.1 Å². The van der Waals surface area contributed by atoms with Crippen molar-refractivity contribution in [1.82, 2.24) is 4.98 Å². The molecule has 0 saturated heterocycles. The first kappa shape index (κ1) is 11.9. The molecule has 0 unspecified atom stereocenters. The van der Waals surface area contributed by atoms with Gasteiger partial charge in [-0.2, -0.15) is 0 Å². The number of aromatic nitrogens is 1. The van der Waals surface area contributed by atoms with Crippen molar-refractivity contribution in [2.75, 3.05) is 0 Å². The molecule has 1 aromatic heterocycles. The molecular weight excluding hydrogens is 262 g/mol. The van der Waals surface area contributed by atoms with Crippen LogP contribution >= 0.6 is 0 Å². The Hall–Kier alpha value is -2.94. The number of hydrogen-bond acceptors (Lipinski definition) is 2. The Morgan fingerprint density at radius 2 is 1.38 bits per heavy atom. The quantitative estimate of drug-likeness (QED) is 0.578. The van der Waals surface area contributed by atoms with Crippen LogP contribution < -0.4 is 5.56 Å². The number of rotatable bonds is 1. The molecule has 1 aliphatic rings. The van der Waals surface area contributed by atoms with Gasteiger partial charge in [0.05, 0.1) is 11.3 Å². The molecule has 100 valence electrons. The standard InChI is InChI=1S/C18H11NO2/c20-15-10-14(11-6-2-1-3-7-11)16-17(19-15)12-8-4-5-9-13(12)18(16)21/h1-10H,(H,19,20). The second kappa shape index (κ2) is 4.28. The summed E-state index contributed by atoms with van der Waals surface area (Å²) in [6.45, 7) is 0. The summed E-state index contributed by atoms with van der Waals surface area (Å²) in [5, 5.41) is 0. The molecular formula is C18H11NO2. The Balaban J connectivity index is 2.09. The van der Waals surface area contributed by atoms with Gasteiger partial charge in [0.15, 0.2) is 5.78 Å². The zero-order valence-electron chi connectivity index (χ0n) is 11.1. The zero-order valence-corrected chi connectivity index (χ0v) is 11.1. The molecule has 0 radical (unpaired) electrons. The van der Waals surface area contributed by atoms with E-state index in [0.29, 0.717) is 22.4 Å². The van der Waals surface area contributed by atoms with Crippen molar-refractivity contribution in [1.29, 1.82) is 0 Å². The summed E-state index contributed by atoms with van der Waals surface area (Å²) in [5.41, 5.74) is 4.02. The van der Waals surface area contributed by atoms with Crippen LogP contribution in [0.2, 0.25) is 0 Å².